The number of aromatic nitrogens is 4. The normalized spacial score (nSPS) is 11.3. The highest BCUT2D eigenvalue weighted by atomic mass is 32.2. The van der Waals surface area contributed by atoms with Gasteiger partial charge in [0.2, 0.25) is 5.95 Å². The zero-order valence-corrected chi connectivity index (χ0v) is 16.9. The van der Waals surface area contributed by atoms with E-state index in [9.17, 15) is 8.42 Å². The second kappa shape index (κ2) is 7.85. The number of nitrogens with zero attached hydrogens (tertiary/aromatic N) is 3. The van der Waals surface area contributed by atoms with Crippen LogP contribution in [-0.2, 0) is 9.84 Å². The molecule has 0 saturated heterocycles. The summed E-state index contributed by atoms with van der Waals surface area (Å²) in [5.74, 6) is 2.01. The van der Waals surface area contributed by atoms with Gasteiger partial charge in [-0.1, -0.05) is 6.92 Å². The number of aromatic amines is 1. The topological polar surface area (TPSA) is 122 Å². The number of benzene rings is 1. The van der Waals surface area contributed by atoms with Gasteiger partial charge in [-0.2, -0.15) is 10.1 Å². The second-order valence-corrected chi connectivity index (χ2v) is 8.38. The largest absolute Gasteiger partial charge is 0.495 e. The van der Waals surface area contributed by atoms with Gasteiger partial charge in [-0.05, 0) is 38.1 Å². The molecule has 1 aromatic carbocycles. The van der Waals surface area contributed by atoms with Crippen molar-refractivity contribution >= 4 is 33.1 Å². The van der Waals surface area contributed by atoms with E-state index in [4.69, 9.17) is 4.74 Å². The van der Waals surface area contributed by atoms with Gasteiger partial charge in [0, 0.05) is 17.5 Å². The van der Waals surface area contributed by atoms with Gasteiger partial charge >= 0.3 is 0 Å². The number of nitrogens with one attached hydrogen (secondary N) is 3. The Balaban J connectivity index is 1.89. The summed E-state index contributed by atoms with van der Waals surface area (Å²) in [6.45, 7) is 5.49. The highest BCUT2D eigenvalue weighted by Crippen LogP contribution is 2.30. The molecule has 3 aromatic rings. The monoisotopic (exact) mass is 402 g/mol. The molecule has 0 spiro atoms. The first-order valence-corrected chi connectivity index (χ1v) is 10.3. The first kappa shape index (κ1) is 19.6. The van der Waals surface area contributed by atoms with E-state index in [2.05, 4.69) is 30.8 Å². The number of methoxy groups -OCH3 is 1. The van der Waals surface area contributed by atoms with Crippen LogP contribution in [0, 0.1) is 13.8 Å². The molecule has 0 fully saturated rings. The first-order valence-electron chi connectivity index (χ1n) is 8.63. The summed E-state index contributed by atoms with van der Waals surface area (Å²) in [4.78, 5) is 8.81. The van der Waals surface area contributed by atoms with Crippen molar-refractivity contribution in [1.82, 2.24) is 20.2 Å². The molecule has 0 radical (unpaired) electrons. The molecule has 0 saturated carbocycles. The number of ether oxygens (including phenoxy) is 1. The van der Waals surface area contributed by atoms with Gasteiger partial charge in [-0.3, -0.25) is 5.10 Å². The average molecular weight is 402 g/mol. The fraction of sp³-hybridized carbons (Fsp3) is 0.278. The molecule has 10 heteroatoms. The standard InChI is InChI=1S/C18H22N6O3S/c1-5-28(25,26)13-6-7-15(27-4)14(10-13)20-18-19-9-8-16(22-18)21-17-11(2)12(3)23-24-17/h6-10H,5H2,1-4H3,(H3,19,20,21,22,23,24). The van der Waals surface area contributed by atoms with E-state index in [1.165, 1.54) is 19.2 Å². The van der Waals surface area contributed by atoms with Gasteiger partial charge in [0.05, 0.1) is 23.4 Å². The summed E-state index contributed by atoms with van der Waals surface area (Å²) in [5.41, 5.74) is 2.42. The maximum Gasteiger partial charge on any atom is 0.229 e. The van der Waals surface area contributed by atoms with Crippen LogP contribution < -0.4 is 15.4 Å². The van der Waals surface area contributed by atoms with E-state index in [-0.39, 0.29) is 10.6 Å². The molecule has 0 amide bonds. The van der Waals surface area contributed by atoms with Crippen LogP contribution in [0.1, 0.15) is 18.2 Å². The molecule has 0 atom stereocenters. The Morgan fingerprint density at radius 2 is 1.96 bits per heavy atom. The van der Waals surface area contributed by atoms with Gasteiger partial charge < -0.3 is 15.4 Å². The van der Waals surface area contributed by atoms with Crippen LogP contribution in [0.2, 0.25) is 0 Å². The molecule has 0 aliphatic rings. The summed E-state index contributed by atoms with van der Waals surface area (Å²) in [6.07, 6.45) is 1.59. The van der Waals surface area contributed by atoms with E-state index in [1.54, 1.807) is 25.3 Å². The third-order valence-corrected chi connectivity index (χ3v) is 6.04. The predicted octanol–water partition coefficient (Wildman–Crippen LogP) is 3.11. The Bertz CT molecular complexity index is 1090. The second-order valence-electron chi connectivity index (χ2n) is 6.10. The zero-order chi connectivity index (χ0) is 20.3. The fourth-order valence-electron chi connectivity index (χ4n) is 2.48. The quantitative estimate of drug-likeness (QED) is 0.551. The van der Waals surface area contributed by atoms with Crippen molar-refractivity contribution in [2.24, 2.45) is 0 Å². The molecular formula is C18H22N6O3S. The highest BCUT2D eigenvalue weighted by Gasteiger charge is 2.15. The van der Waals surface area contributed by atoms with Crippen molar-refractivity contribution in [2.45, 2.75) is 25.7 Å². The molecule has 0 unspecified atom stereocenters. The lowest BCUT2D eigenvalue weighted by Crippen LogP contribution is -2.06. The maximum absolute atomic E-state index is 12.2. The van der Waals surface area contributed by atoms with Crippen molar-refractivity contribution in [3.05, 3.63) is 41.7 Å². The molecule has 148 valence electrons. The zero-order valence-electron chi connectivity index (χ0n) is 16.1. The van der Waals surface area contributed by atoms with Gasteiger partial charge in [0.15, 0.2) is 15.7 Å². The van der Waals surface area contributed by atoms with Crippen molar-refractivity contribution in [3.8, 4) is 5.75 Å². The molecule has 0 aliphatic carbocycles. The van der Waals surface area contributed by atoms with Crippen molar-refractivity contribution in [3.63, 3.8) is 0 Å². The van der Waals surface area contributed by atoms with Gasteiger partial charge in [0.25, 0.3) is 0 Å². The van der Waals surface area contributed by atoms with Crippen molar-refractivity contribution in [2.75, 3.05) is 23.5 Å². The minimum absolute atomic E-state index is 0.0110. The van der Waals surface area contributed by atoms with E-state index in [0.29, 0.717) is 29.0 Å². The van der Waals surface area contributed by atoms with Crippen LogP contribution in [0.5, 0.6) is 5.75 Å². The summed E-state index contributed by atoms with van der Waals surface area (Å²) in [6, 6.07) is 6.35. The summed E-state index contributed by atoms with van der Waals surface area (Å²) in [7, 11) is -1.84. The van der Waals surface area contributed by atoms with Crippen LogP contribution in [0.25, 0.3) is 0 Å². The molecule has 0 aliphatic heterocycles. The smallest absolute Gasteiger partial charge is 0.229 e. The number of anilines is 4. The minimum Gasteiger partial charge on any atom is -0.495 e. The van der Waals surface area contributed by atoms with E-state index in [1.807, 2.05) is 13.8 Å². The summed E-state index contributed by atoms with van der Waals surface area (Å²) >= 11 is 0. The molecular weight excluding hydrogens is 380 g/mol. The first-order chi connectivity index (χ1) is 13.3. The van der Waals surface area contributed by atoms with Crippen molar-refractivity contribution < 1.29 is 13.2 Å². The Labute approximate surface area is 163 Å². The minimum atomic E-state index is -3.35. The van der Waals surface area contributed by atoms with Crippen LogP contribution in [-0.4, -0.2) is 41.4 Å². The number of H-pyrrole nitrogens is 1. The number of hydrogen-bond acceptors (Lipinski definition) is 8. The summed E-state index contributed by atoms with van der Waals surface area (Å²) in [5, 5.41) is 13.3. The lowest BCUT2D eigenvalue weighted by molar-refractivity contribution is 0.416. The van der Waals surface area contributed by atoms with Gasteiger partial charge in [-0.25, -0.2) is 13.4 Å². The molecule has 0 bridgehead atoms. The molecule has 9 nitrogen and oxygen atoms in total. The Hall–Kier alpha value is -3.14. The van der Waals surface area contributed by atoms with Crippen molar-refractivity contribution in [1.29, 1.82) is 0 Å². The van der Waals surface area contributed by atoms with Crippen LogP contribution in [0.15, 0.2) is 35.4 Å². The molecule has 3 N–H and O–H groups in total. The number of hydrogen-bond donors (Lipinski definition) is 3. The molecule has 28 heavy (non-hydrogen) atoms. The van der Waals surface area contributed by atoms with E-state index < -0.39 is 9.84 Å². The Morgan fingerprint density at radius 3 is 2.61 bits per heavy atom. The Kier molecular flexibility index (Phi) is 5.50. The summed E-state index contributed by atoms with van der Waals surface area (Å²) < 4.78 is 29.7. The van der Waals surface area contributed by atoms with E-state index in [0.717, 1.165) is 11.3 Å². The Morgan fingerprint density at radius 1 is 1.18 bits per heavy atom. The highest BCUT2D eigenvalue weighted by molar-refractivity contribution is 7.91. The SMILES string of the molecule is CCS(=O)(=O)c1ccc(OC)c(Nc2nccc(Nc3n[nH]c(C)c3C)n2)c1. The lowest BCUT2D eigenvalue weighted by Gasteiger charge is -2.12. The van der Waals surface area contributed by atoms with E-state index >= 15 is 0 Å². The molecule has 3 rings (SSSR count). The molecule has 2 heterocycles. The number of aryl methyl sites for hydroxylation is 1. The maximum atomic E-state index is 12.2. The number of sulfone groups is 1. The van der Waals surface area contributed by atoms with Crippen LogP contribution in [0.4, 0.5) is 23.3 Å². The van der Waals surface area contributed by atoms with Crippen LogP contribution >= 0.6 is 0 Å². The third-order valence-electron chi connectivity index (χ3n) is 4.31. The lowest BCUT2D eigenvalue weighted by atomic mass is 10.3. The van der Waals surface area contributed by atoms with Gasteiger partial charge in [-0.15, -0.1) is 0 Å². The fourth-order valence-corrected chi connectivity index (χ4v) is 3.39. The predicted molar refractivity (Wildman–Crippen MR) is 107 cm³/mol. The van der Waals surface area contributed by atoms with Gasteiger partial charge in [0.1, 0.15) is 11.6 Å². The molecule has 2 aromatic heterocycles. The third kappa shape index (κ3) is 4.06. The van der Waals surface area contributed by atoms with Crippen LogP contribution in [0.3, 0.4) is 0 Å². The number of rotatable bonds is 7. The average Bonchev–Trinajstić information content (AvgIpc) is 3.00.